The number of rotatable bonds is 6. The van der Waals surface area contributed by atoms with Crippen LogP contribution in [0.5, 0.6) is 0 Å². The Labute approximate surface area is 162 Å². The van der Waals surface area contributed by atoms with E-state index in [4.69, 9.17) is 4.84 Å². The fraction of sp³-hybridized carbons (Fsp3) is 0.316. The second kappa shape index (κ2) is 7.59. The minimum absolute atomic E-state index is 0.00460. The number of carbonyl (C=O) groups is 1. The van der Waals surface area contributed by atoms with Gasteiger partial charge in [0.05, 0.1) is 16.4 Å². The number of ketones is 1. The van der Waals surface area contributed by atoms with Crippen LogP contribution >= 0.6 is 0 Å². The molecule has 0 atom stereocenters. The molecule has 0 bridgehead atoms. The molecule has 0 unspecified atom stereocenters. The number of hydrogen-bond donors (Lipinski definition) is 1. The van der Waals surface area contributed by atoms with Crippen molar-refractivity contribution in [1.82, 2.24) is 9.78 Å². The van der Waals surface area contributed by atoms with Crippen LogP contribution in [-0.2, 0) is 21.2 Å². The van der Waals surface area contributed by atoms with Crippen LogP contribution in [-0.4, -0.2) is 42.1 Å². The standard InChI is InChI=1S/C19H21N3O5S/c1-4-9-27-21-15-8-10-28(25,26)16-7-6-13(12(3)17(15)16)18(23)14-11-20-22(5-2)19(14)24/h4,6-7,11,20H,1,5,8-10H2,2-3H3/b21-15-. The largest absolute Gasteiger partial charge is 0.391 e. The van der Waals surface area contributed by atoms with Gasteiger partial charge in [0.2, 0.25) is 0 Å². The number of hydrogen-bond acceptors (Lipinski definition) is 6. The molecule has 1 aliphatic rings. The smallest absolute Gasteiger partial charge is 0.277 e. The summed E-state index contributed by atoms with van der Waals surface area (Å²) < 4.78 is 26.3. The van der Waals surface area contributed by atoms with E-state index in [1.54, 1.807) is 13.8 Å². The first-order valence-corrected chi connectivity index (χ1v) is 10.5. The fourth-order valence-corrected chi connectivity index (χ4v) is 4.77. The summed E-state index contributed by atoms with van der Waals surface area (Å²) in [5, 5.41) is 6.79. The second-order valence-electron chi connectivity index (χ2n) is 6.37. The summed E-state index contributed by atoms with van der Waals surface area (Å²) in [7, 11) is -3.48. The second-order valence-corrected chi connectivity index (χ2v) is 8.45. The number of aryl methyl sites for hydroxylation is 1. The first-order chi connectivity index (χ1) is 13.3. The number of sulfone groups is 1. The predicted octanol–water partition coefficient (Wildman–Crippen LogP) is 1.82. The number of carbonyl (C=O) groups excluding carboxylic acids is 1. The Morgan fingerprint density at radius 2 is 2.14 bits per heavy atom. The minimum atomic E-state index is -3.48. The van der Waals surface area contributed by atoms with Crippen LogP contribution in [0.2, 0.25) is 0 Å². The summed E-state index contributed by atoms with van der Waals surface area (Å²) >= 11 is 0. The van der Waals surface area contributed by atoms with E-state index in [0.29, 0.717) is 23.4 Å². The van der Waals surface area contributed by atoms with Gasteiger partial charge in [-0.1, -0.05) is 17.8 Å². The van der Waals surface area contributed by atoms with Crippen LogP contribution in [0.15, 0.2) is 45.8 Å². The van der Waals surface area contributed by atoms with Crippen LogP contribution in [0.1, 0.15) is 40.4 Å². The highest BCUT2D eigenvalue weighted by molar-refractivity contribution is 7.91. The van der Waals surface area contributed by atoms with Gasteiger partial charge in [0, 0.05) is 30.3 Å². The van der Waals surface area contributed by atoms with Gasteiger partial charge in [-0.25, -0.2) is 8.42 Å². The summed E-state index contributed by atoms with van der Waals surface area (Å²) in [6.07, 6.45) is 3.08. The van der Waals surface area contributed by atoms with Crippen molar-refractivity contribution in [2.75, 3.05) is 12.4 Å². The molecular weight excluding hydrogens is 382 g/mol. The Bertz CT molecular complexity index is 1140. The lowest BCUT2D eigenvalue weighted by Crippen LogP contribution is -2.26. The van der Waals surface area contributed by atoms with Gasteiger partial charge >= 0.3 is 0 Å². The van der Waals surface area contributed by atoms with E-state index < -0.39 is 21.2 Å². The van der Waals surface area contributed by atoms with Crippen LogP contribution in [0, 0.1) is 6.92 Å². The van der Waals surface area contributed by atoms with Crippen LogP contribution in [0.25, 0.3) is 0 Å². The number of nitrogens with zero attached hydrogens (tertiary/aromatic N) is 2. The lowest BCUT2D eigenvalue weighted by Gasteiger charge is -2.21. The maximum absolute atomic E-state index is 13.0. The van der Waals surface area contributed by atoms with Gasteiger partial charge in [0.15, 0.2) is 15.6 Å². The Hall–Kier alpha value is -2.94. The van der Waals surface area contributed by atoms with Gasteiger partial charge < -0.3 is 9.94 Å². The zero-order chi connectivity index (χ0) is 20.5. The van der Waals surface area contributed by atoms with Gasteiger partial charge in [-0.05, 0) is 31.5 Å². The van der Waals surface area contributed by atoms with Crippen molar-refractivity contribution in [2.24, 2.45) is 5.16 Å². The summed E-state index contributed by atoms with van der Waals surface area (Å²) in [5.74, 6) is -0.551. The third-order valence-corrected chi connectivity index (χ3v) is 6.42. The van der Waals surface area contributed by atoms with Crippen molar-refractivity contribution in [3.8, 4) is 0 Å². The molecular formula is C19H21N3O5S. The van der Waals surface area contributed by atoms with Crippen LogP contribution < -0.4 is 5.56 Å². The topological polar surface area (TPSA) is 111 Å². The van der Waals surface area contributed by atoms with Gasteiger partial charge in [-0.2, -0.15) is 0 Å². The number of H-pyrrole nitrogens is 1. The zero-order valence-corrected chi connectivity index (χ0v) is 16.5. The van der Waals surface area contributed by atoms with Gasteiger partial charge in [-0.3, -0.25) is 14.3 Å². The van der Waals surface area contributed by atoms with E-state index >= 15 is 0 Å². The summed E-state index contributed by atoms with van der Waals surface area (Å²) in [5.41, 5.74) is 1.12. The van der Waals surface area contributed by atoms with E-state index in [9.17, 15) is 18.0 Å². The number of benzene rings is 1. The highest BCUT2D eigenvalue weighted by atomic mass is 32.2. The summed E-state index contributed by atoms with van der Waals surface area (Å²) in [4.78, 5) is 30.6. The molecule has 0 spiro atoms. The molecule has 1 aromatic heterocycles. The molecule has 0 amide bonds. The molecule has 0 saturated heterocycles. The first-order valence-electron chi connectivity index (χ1n) is 8.81. The third kappa shape index (κ3) is 3.33. The van der Waals surface area contributed by atoms with E-state index in [2.05, 4.69) is 16.8 Å². The number of fused-ring (bicyclic) bond motifs is 1. The molecule has 0 fully saturated rings. The maximum atomic E-state index is 13.0. The van der Waals surface area contributed by atoms with Gasteiger partial charge in [0.1, 0.15) is 12.2 Å². The molecule has 1 aromatic carbocycles. The fourth-order valence-electron chi connectivity index (χ4n) is 3.23. The molecule has 0 radical (unpaired) electrons. The Morgan fingerprint density at radius 3 is 2.79 bits per heavy atom. The Balaban J connectivity index is 2.16. The van der Waals surface area contributed by atoms with Gasteiger partial charge in [-0.15, -0.1) is 0 Å². The van der Waals surface area contributed by atoms with E-state index in [1.807, 2.05) is 0 Å². The molecule has 9 heteroatoms. The van der Waals surface area contributed by atoms with Crippen molar-refractivity contribution >= 4 is 21.3 Å². The van der Waals surface area contributed by atoms with Crippen LogP contribution in [0.3, 0.4) is 0 Å². The molecule has 1 aliphatic heterocycles. The quantitative estimate of drug-likeness (QED) is 0.342. The Kier molecular flexibility index (Phi) is 5.37. The van der Waals surface area contributed by atoms with E-state index in [1.165, 1.54) is 29.1 Å². The molecule has 0 aliphatic carbocycles. The molecule has 1 N–H and O–H groups in total. The van der Waals surface area contributed by atoms with E-state index in [0.717, 1.165) is 0 Å². The molecule has 148 valence electrons. The normalized spacial score (nSPS) is 16.6. The van der Waals surface area contributed by atoms with Crippen molar-refractivity contribution in [3.05, 3.63) is 63.6 Å². The van der Waals surface area contributed by atoms with E-state index in [-0.39, 0.29) is 34.8 Å². The average molecular weight is 403 g/mol. The molecule has 2 aromatic rings. The number of aromatic amines is 1. The van der Waals surface area contributed by atoms with Crippen molar-refractivity contribution in [3.63, 3.8) is 0 Å². The monoisotopic (exact) mass is 403 g/mol. The lowest BCUT2D eigenvalue weighted by atomic mass is 9.93. The molecule has 28 heavy (non-hydrogen) atoms. The zero-order valence-electron chi connectivity index (χ0n) is 15.7. The Morgan fingerprint density at radius 1 is 1.39 bits per heavy atom. The molecule has 3 rings (SSSR count). The third-order valence-electron chi connectivity index (χ3n) is 4.67. The molecule has 2 heterocycles. The van der Waals surface area contributed by atoms with Crippen molar-refractivity contribution < 1.29 is 18.0 Å². The number of aromatic nitrogens is 2. The molecule has 8 nitrogen and oxygen atoms in total. The minimum Gasteiger partial charge on any atom is -0.391 e. The average Bonchev–Trinajstić information content (AvgIpc) is 3.04. The number of oxime groups is 1. The molecule has 0 saturated carbocycles. The lowest BCUT2D eigenvalue weighted by molar-refractivity contribution is 0.103. The predicted molar refractivity (Wildman–Crippen MR) is 105 cm³/mol. The van der Waals surface area contributed by atoms with Crippen LogP contribution in [0.4, 0.5) is 0 Å². The first kappa shape index (κ1) is 19.8. The van der Waals surface area contributed by atoms with Crippen molar-refractivity contribution in [1.29, 1.82) is 0 Å². The summed E-state index contributed by atoms with van der Waals surface area (Å²) in [6, 6.07) is 2.85. The number of nitrogens with one attached hydrogen (secondary N) is 1. The van der Waals surface area contributed by atoms with Gasteiger partial charge in [0.25, 0.3) is 5.56 Å². The highest BCUT2D eigenvalue weighted by Crippen LogP contribution is 2.31. The SMILES string of the molecule is C=CCO/N=C1/CCS(=O)(=O)c2ccc(C(=O)c3c[nH]n(CC)c3=O)c(C)c21. The van der Waals surface area contributed by atoms with Crippen molar-refractivity contribution in [2.45, 2.75) is 31.7 Å². The summed E-state index contributed by atoms with van der Waals surface area (Å²) in [6.45, 7) is 7.58. The highest BCUT2D eigenvalue weighted by Gasteiger charge is 2.32. The maximum Gasteiger partial charge on any atom is 0.277 e.